The minimum Gasteiger partial charge on any atom is -0.355 e. The van der Waals surface area contributed by atoms with Crippen LogP contribution in [0.15, 0.2) is 35.3 Å². The molecule has 0 aromatic heterocycles. The average molecular weight is 418 g/mol. The Balaban J connectivity index is 0.00000441. The van der Waals surface area contributed by atoms with E-state index in [1.807, 2.05) is 39.0 Å². The maximum atomic E-state index is 11.7. The minimum atomic E-state index is -0.354. The van der Waals surface area contributed by atoms with Crippen LogP contribution < -0.4 is 16.0 Å². The minimum absolute atomic E-state index is 0. The van der Waals surface area contributed by atoms with Gasteiger partial charge in [-0.2, -0.15) is 0 Å². The van der Waals surface area contributed by atoms with Crippen LogP contribution in [0.4, 0.5) is 0 Å². The van der Waals surface area contributed by atoms with Crippen LogP contribution in [0, 0.1) is 5.41 Å². The van der Waals surface area contributed by atoms with E-state index >= 15 is 0 Å². The third-order valence-corrected chi connectivity index (χ3v) is 2.91. The molecule has 6 heteroatoms. The van der Waals surface area contributed by atoms with Crippen LogP contribution in [0.5, 0.6) is 0 Å². The van der Waals surface area contributed by atoms with Gasteiger partial charge in [0.1, 0.15) is 0 Å². The zero-order chi connectivity index (χ0) is 15.7. The van der Waals surface area contributed by atoms with E-state index in [0.29, 0.717) is 13.1 Å². The highest BCUT2D eigenvalue weighted by Gasteiger charge is 2.20. The molecule has 1 amide bonds. The largest absolute Gasteiger partial charge is 0.355 e. The second-order valence-electron chi connectivity index (χ2n) is 5.84. The second-order valence-corrected chi connectivity index (χ2v) is 5.84. The molecule has 1 aromatic rings. The molecule has 0 fully saturated rings. The number of carbonyl (C=O) groups excluding carboxylic acids is 1. The number of hydrogen-bond acceptors (Lipinski definition) is 2. The zero-order valence-electron chi connectivity index (χ0n) is 13.8. The predicted octanol–water partition coefficient (Wildman–Crippen LogP) is 2.13. The Bertz CT molecular complexity index is 469. The molecule has 0 aliphatic carbocycles. The van der Waals surface area contributed by atoms with Gasteiger partial charge >= 0.3 is 0 Å². The summed E-state index contributed by atoms with van der Waals surface area (Å²) < 4.78 is 0. The van der Waals surface area contributed by atoms with Crippen LogP contribution in [-0.4, -0.2) is 32.0 Å². The number of halogens is 1. The van der Waals surface area contributed by atoms with Gasteiger partial charge in [-0.05, 0) is 5.56 Å². The van der Waals surface area contributed by atoms with Crippen LogP contribution in [0.25, 0.3) is 0 Å². The molecule has 0 saturated heterocycles. The first-order chi connectivity index (χ1) is 9.93. The van der Waals surface area contributed by atoms with E-state index in [0.717, 1.165) is 12.5 Å². The van der Waals surface area contributed by atoms with Crippen molar-refractivity contribution in [3.05, 3.63) is 35.9 Å². The SMILES string of the molecule is CN=C(NCCNC(=O)C(C)(C)C)NCc1ccccc1.I. The highest BCUT2D eigenvalue weighted by atomic mass is 127. The van der Waals surface area contributed by atoms with Gasteiger partial charge in [0.2, 0.25) is 5.91 Å². The molecule has 0 radical (unpaired) electrons. The highest BCUT2D eigenvalue weighted by molar-refractivity contribution is 14.0. The Hall–Kier alpha value is -1.31. The van der Waals surface area contributed by atoms with Crippen LogP contribution in [0.1, 0.15) is 26.3 Å². The molecule has 1 aromatic carbocycles. The van der Waals surface area contributed by atoms with E-state index in [9.17, 15) is 4.79 Å². The lowest BCUT2D eigenvalue weighted by Crippen LogP contribution is -2.43. The van der Waals surface area contributed by atoms with Crippen LogP contribution in [0.3, 0.4) is 0 Å². The van der Waals surface area contributed by atoms with Crippen molar-refractivity contribution in [1.82, 2.24) is 16.0 Å². The van der Waals surface area contributed by atoms with Crippen LogP contribution >= 0.6 is 24.0 Å². The Morgan fingerprint density at radius 2 is 1.64 bits per heavy atom. The molecule has 0 spiro atoms. The fourth-order valence-electron chi connectivity index (χ4n) is 1.62. The van der Waals surface area contributed by atoms with Gasteiger partial charge in [0, 0.05) is 32.1 Å². The van der Waals surface area contributed by atoms with Crippen molar-refractivity contribution in [1.29, 1.82) is 0 Å². The third kappa shape index (κ3) is 8.21. The van der Waals surface area contributed by atoms with Crippen molar-refractivity contribution >= 4 is 35.8 Å². The first-order valence-corrected chi connectivity index (χ1v) is 7.20. The maximum absolute atomic E-state index is 11.7. The standard InChI is InChI=1S/C16H26N4O.HI/c1-16(2,3)14(21)18-10-11-19-15(17-4)20-12-13-8-6-5-7-9-13;/h5-9H,10-12H2,1-4H3,(H,18,21)(H2,17,19,20);1H. The summed E-state index contributed by atoms with van der Waals surface area (Å²) in [4.78, 5) is 15.9. The molecule has 124 valence electrons. The number of amides is 1. The number of guanidine groups is 1. The topological polar surface area (TPSA) is 65.5 Å². The van der Waals surface area contributed by atoms with E-state index in [4.69, 9.17) is 0 Å². The summed E-state index contributed by atoms with van der Waals surface area (Å²) in [7, 11) is 1.73. The Morgan fingerprint density at radius 1 is 1.05 bits per heavy atom. The normalized spacial score (nSPS) is 11.4. The number of nitrogens with zero attached hydrogens (tertiary/aromatic N) is 1. The molecule has 1 rings (SSSR count). The van der Waals surface area contributed by atoms with Gasteiger partial charge < -0.3 is 16.0 Å². The van der Waals surface area contributed by atoms with Crippen LogP contribution in [0.2, 0.25) is 0 Å². The van der Waals surface area contributed by atoms with Crippen molar-refractivity contribution in [2.24, 2.45) is 10.4 Å². The van der Waals surface area contributed by atoms with Crippen molar-refractivity contribution in [3.63, 3.8) is 0 Å². The van der Waals surface area contributed by atoms with Gasteiger partial charge in [0.25, 0.3) is 0 Å². The van der Waals surface area contributed by atoms with E-state index in [1.165, 1.54) is 5.56 Å². The Kier molecular flexibility index (Phi) is 9.80. The summed E-state index contributed by atoms with van der Waals surface area (Å²) >= 11 is 0. The lowest BCUT2D eigenvalue weighted by Gasteiger charge is -2.18. The number of nitrogens with one attached hydrogen (secondary N) is 3. The van der Waals surface area contributed by atoms with Gasteiger partial charge in [-0.1, -0.05) is 51.1 Å². The maximum Gasteiger partial charge on any atom is 0.225 e. The number of hydrogen-bond donors (Lipinski definition) is 3. The van der Waals surface area contributed by atoms with E-state index in [2.05, 4.69) is 33.1 Å². The summed E-state index contributed by atoms with van der Waals surface area (Å²) in [6, 6.07) is 10.1. The lowest BCUT2D eigenvalue weighted by molar-refractivity contribution is -0.128. The molecule has 0 aliphatic heterocycles. The van der Waals surface area contributed by atoms with Gasteiger partial charge in [-0.15, -0.1) is 24.0 Å². The molecular formula is C16H27IN4O. The summed E-state index contributed by atoms with van der Waals surface area (Å²) in [6.07, 6.45) is 0. The van der Waals surface area contributed by atoms with Crippen molar-refractivity contribution in [2.75, 3.05) is 20.1 Å². The number of carbonyl (C=O) groups is 1. The third-order valence-electron chi connectivity index (χ3n) is 2.91. The van der Waals surface area contributed by atoms with Crippen LogP contribution in [-0.2, 0) is 11.3 Å². The number of aliphatic imine (C=N–C) groups is 1. The second kappa shape index (κ2) is 10.4. The number of rotatable bonds is 5. The summed E-state index contributed by atoms with van der Waals surface area (Å²) in [6.45, 7) is 7.62. The van der Waals surface area contributed by atoms with Gasteiger partial charge in [-0.25, -0.2) is 0 Å². The molecule has 22 heavy (non-hydrogen) atoms. The van der Waals surface area contributed by atoms with Gasteiger partial charge in [-0.3, -0.25) is 9.79 Å². The molecular weight excluding hydrogens is 391 g/mol. The monoisotopic (exact) mass is 418 g/mol. The molecule has 0 bridgehead atoms. The smallest absolute Gasteiger partial charge is 0.225 e. The van der Waals surface area contributed by atoms with Gasteiger partial charge in [0.15, 0.2) is 5.96 Å². The lowest BCUT2D eigenvalue weighted by atomic mass is 9.96. The summed E-state index contributed by atoms with van der Waals surface area (Å²) in [5, 5.41) is 9.29. The Morgan fingerprint density at radius 3 is 2.18 bits per heavy atom. The highest BCUT2D eigenvalue weighted by Crippen LogP contribution is 2.11. The molecule has 0 aliphatic rings. The van der Waals surface area contributed by atoms with Gasteiger partial charge in [0.05, 0.1) is 0 Å². The molecule has 0 heterocycles. The fourth-order valence-corrected chi connectivity index (χ4v) is 1.62. The van der Waals surface area contributed by atoms with E-state index in [-0.39, 0.29) is 35.3 Å². The molecule has 5 nitrogen and oxygen atoms in total. The van der Waals surface area contributed by atoms with Crippen molar-refractivity contribution < 1.29 is 4.79 Å². The summed E-state index contributed by atoms with van der Waals surface area (Å²) in [5.41, 5.74) is 0.842. The first-order valence-electron chi connectivity index (χ1n) is 7.20. The fraction of sp³-hybridized carbons (Fsp3) is 0.500. The Labute approximate surface area is 150 Å². The van der Waals surface area contributed by atoms with Crippen molar-refractivity contribution in [3.8, 4) is 0 Å². The molecule has 3 N–H and O–H groups in total. The van der Waals surface area contributed by atoms with E-state index in [1.54, 1.807) is 7.05 Å². The predicted molar refractivity (Wildman–Crippen MR) is 103 cm³/mol. The first kappa shape index (κ1) is 20.7. The van der Waals surface area contributed by atoms with E-state index < -0.39 is 0 Å². The average Bonchev–Trinajstić information content (AvgIpc) is 2.46. The molecule has 0 unspecified atom stereocenters. The molecule has 0 saturated carbocycles. The zero-order valence-corrected chi connectivity index (χ0v) is 16.1. The number of benzene rings is 1. The molecule has 0 atom stereocenters. The van der Waals surface area contributed by atoms with Crippen molar-refractivity contribution in [2.45, 2.75) is 27.3 Å². The quantitative estimate of drug-likeness (QED) is 0.297. The summed E-state index contributed by atoms with van der Waals surface area (Å²) in [5.74, 6) is 0.778.